The number of nitrogens with zero attached hydrogens (tertiary/aromatic N) is 2. The molecule has 1 unspecified atom stereocenters. The molecule has 0 aliphatic heterocycles. The SMILES string of the molecule is COc1ccc(C(F)(F)F)cc1NC(=O)NCCc1c(C(c2ccccc2)c2c(O)c3cnn(C)c3[nH]c2=O)[nH]c2ccccc12. The van der Waals surface area contributed by atoms with Crippen molar-refractivity contribution >= 4 is 33.7 Å². The van der Waals surface area contributed by atoms with Crippen molar-refractivity contribution in [1.82, 2.24) is 25.1 Å². The van der Waals surface area contributed by atoms with Crippen LogP contribution in [0.15, 0.2) is 83.8 Å². The number of hydrogen-bond donors (Lipinski definition) is 5. The van der Waals surface area contributed by atoms with Crippen LogP contribution in [0.25, 0.3) is 21.9 Å². The van der Waals surface area contributed by atoms with Gasteiger partial charge in [-0.05, 0) is 41.8 Å². The number of methoxy groups -OCH3 is 1. The second-order valence-corrected chi connectivity index (χ2v) is 10.7. The third-order valence-electron chi connectivity index (χ3n) is 7.92. The summed E-state index contributed by atoms with van der Waals surface area (Å²) < 4.78 is 46.5. The number of amides is 2. The van der Waals surface area contributed by atoms with Crippen LogP contribution < -0.4 is 20.9 Å². The largest absolute Gasteiger partial charge is 0.507 e. The van der Waals surface area contributed by atoms with Crippen LogP contribution >= 0.6 is 0 Å². The number of urea groups is 1. The van der Waals surface area contributed by atoms with E-state index in [-0.39, 0.29) is 35.7 Å². The molecule has 13 heteroatoms. The standard InChI is InChI=1S/C33H29F3N6O4/c1-42-30-22(17-38-42)29(43)27(31(44)41-30)26(18-8-4-3-5-9-18)28-21(20-10-6-7-11-23(20)39-28)14-15-37-32(45)40-24-16-19(33(34,35)36)12-13-25(24)46-2/h3-13,16-17,26,39H,14-15H2,1-2H3,(H2,37,40,45)(H2,41,43,44). The maximum Gasteiger partial charge on any atom is 0.416 e. The van der Waals surface area contributed by atoms with Crippen molar-refractivity contribution in [3.8, 4) is 11.5 Å². The van der Waals surface area contributed by atoms with Crippen molar-refractivity contribution in [3.63, 3.8) is 0 Å². The summed E-state index contributed by atoms with van der Waals surface area (Å²) in [6.45, 7) is 0.0907. The molecule has 0 radical (unpaired) electrons. The van der Waals surface area contributed by atoms with Crippen molar-refractivity contribution in [1.29, 1.82) is 0 Å². The fourth-order valence-electron chi connectivity index (χ4n) is 5.76. The topological polar surface area (TPSA) is 137 Å². The Morgan fingerprint density at radius 2 is 1.78 bits per heavy atom. The highest BCUT2D eigenvalue weighted by atomic mass is 19.4. The molecule has 2 amide bonds. The number of H-pyrrole nitrogens is 2. The Bertz CT molecular complexity index is 2120. The van der Waals surface area contributed by atoms with E-state index >= 15 is 0 Å². The predicted octanol–water partition coefficient (Wildman–Crippen LogP) is 6.02. The highest BCUT2D eigenvalue weighted by Gasteiger charge is 2.32. The molecule has 10 nitrogen and oxygen atoms in total. The molecule has 3 heterocycles. The molecule has 0 bridgehead atoms. The molecule has 0 aliphatic carbocycles. The fraction of sp³-hybridized carbons (Fsp3) is 0.182. The van der Waals surface area contributed by atoms with Crippen LogP contribution in [-0.2, 0) is 19.6 Å². The zero-order valence-corrected chi connectivity index (χ0v) is 24.7. The van der Waals surface area contributed by atoms with Crippen LogP contribution in [0.4, 0.5) is 23.7 Å². The summed E-state index contributed by atoms with van der Waals surface area (Å²) in [5, 5.41) is 22.0. The Morgan fingerprint density at radius 1 is 1.04 bits per heavy atom. The average molecular weight is 631 g/mol. The number of alkyl halides is 3. The minimum absolute atomic E-state index is 0.0726. The zero-order chi connectivity index (χ0) is 32.6. The number of hydrogen-bond acceptors (Lipinski definition) is 5. The Morgan fingerprint density at radius 3 is 2.52 bits per heavy atom. The molecule has 6 aromatic rings. The molecule has 6 rings (SSSR count). The van der Waals surface area contributed by atoms with Gasteiger partial charge in [0.05, 0.1) is 41.4 Å². The summed E-state index contributed by atoms with van der Waals surface area (Å²) in [4.78, 5) is 32.8. The van der Waals surface area contributed by atoms with Crippen molar-refractivity contribution in [2.45, 2.75) is 18.5 Å². The Balaban J connectivity index is 1.36. The number of halogens is 3. The lowest BCUT2D eigenvalue weighted by molar-refractivity contribution is -0.137. The van der Waals surface area contributed by atoms with Crippen LogP contribution in [0, 0.1) is 0 Å². The number of aromatic amines is 2. The molecule has 0 fully saturated rings. The zero-order valence-electron chi connectivity index (χ0n) is 24.7. The van der Waals surface area contributed by atoms with Gasteiger partial charge in [0, 0.05) is 30.2 Å². The van der Waals surface area contributed by atoms with E-state index in [4.69, 9.17) is 4.74 Å². The summed E-state index contributed by atoms with van der Waals surface area (Å²) in [7, 11) is 2.95. The van der Waals surface area contributed by atoms with Gasteiger partial charge in [0.25, 0.3) is 5.56 Å². The molecule has 0 saturated heterocycles. The summed E-state index contributed by atoms with van der Waals surface area (Å²) in [5.74, 6) is -0.860. The second-order valence-electron chi connectivity index (χ2n) is 10.7. The van der Waals surface area contributed by atoms with Gasteiger partial charge in [-0.25, -0.2) is 4.79 Å². The van der Waals surface area contributed by atoms with Crippen LogP contribution in [0.5, 0.6) is 11.5 Å². The van der Waals surface area contributed by atoms with E-state index < -0.39 is 29.2 Å². The number of nitrogens with one attached hydrogen (secondary N) is 4. The van der Waals surface area contributed by atoms with E-state index in [0.717, 1.165) is 40.2 Å². The number of ether oxygens (including phenoxy) is 1. The normalized spacial score (nSPS) is 12.4. The van der Waals surface area contributed by atoms with E-state index in [1.807, 2.05) is 54.6 Å². The van der Waals surface area contributed by atoms with Gasteiger partial charge >= 0.3 is 12.2 Å². The lowest BCUT2D eigenvalue weighted by atomic mass is 9.85. The van der Waals surface area contributed by atoms with Gasteiger partial charge < -0.3 is 30.4 Å². The van der Waals surface area contributed by atoms with E-state index in [9.17, 15) is 27.9 Å². The predicted molar refractivity (Wildman–Crippen MR) is 167 cm³/mol. The molecule has 3 aromatic carbocycles. The number of carbonyl (C=O) groups is 1. The maximum atomic E-state index is 13.6. The third kappa shape index (κ3) is 5.62. The van der Waals surface area contributed by atoms with Gasteiger partial charge in [-0.1, -0.05) is 48.5 Å². The number of fused-ring (bicyclic) bond motifs is 2. The quantitative estimate of drug-likeness (QED) is 0.140. The minimum atomic E-state index is -4.60. The van der Waals surface area contributed by atoms with Crippen molar-refractivity contribution < 1.29 is 27.8 Å². The molecule has 5 N–H and O–H groups in total. The van der Waals surface area contributed by atoms with E-state index in [0.29, 0.717) is 16.7 Å². The van der Waals surface area contributed by atoms with Gasteiger partial charge in [-0.3, -0.25) is 9.48 Å². The van der Waals surface area contributed by atoms with E-state index in [1.54, 1.807) is 7.05 Å². The van der Waals surface area contributed by atoms with Gasteiger partial charge in [-0.15, -0.1) is 0 Å². The van der Waals surface area contributed by atoms with E-state index in [2.05, 4.69) is 25.7 Å². The number of aromatic hydroxyl groups is 1. The average Bonchev–Trinajstić information content (AvgIpc) is 3.59. The molecular formula is C33H29F3N6O4. The first kappa shape index (κ1) is 30.3. The first-order chi connectivity index (χ1) is 22.1. The smallest absolute Gasteiger partial charge is 0.416 e. The van der Waals surface area contributed by atoms with Crippen molar-refractivity contribution in [2.75, 3.05) is 19.0 Å². The van der Waals surface area contributed by atoms with Crippen LogP contribution in [0.3, 0.4) is 0 Å². The lowest BCUT2D eigenvalue weighted by Gasteiger charge is -2.20. The summed E-state index contributed by atoms with van der Waals surface area (Å²) in [5.41, 5.74) is 1.90. The molecular weight excluding hydrogens is 601 g/mol. The number of carbonyl (C=O) groups excluding carboxylic acids is 1. The highest BCUT2D eigenvalue weighted by Crippen LogP contribution is 2.40. The highest BCUT2D eigenvalue weighted by molar-refractivity contribution is 5.91. The first-order valence-electron chi connectivity index (χ1n) is 14.3. The maximum absolute atomic E-state index is 13.6. The molecule has 3 aromatic heterocycles. The van der Waals surface area contributed by atoms with Gasteiger partial charge in [0.15, 0.2) is 0 Å². The van der Waals surface area contributed by atoms with Crippen LogP contribution in [0.2, 0.25) is 0 Å². The van der Waals surface area contributed by atoms with Gasteiger partial charge in [0.2, 0.25) is 0 Å². The molecule has 46 heavy (non-hydrogen) atoms. The molecule has 0 spiro atoms. The Kier molecular flexibility index (Phi) is 7.90. The molecule has 1 atom stereocenters. The number of aromatic nitrogens is 4. The monoisotopic (exact) mass is 630 g/mol. The number of rotatable bonds is 8. The van der Waals surface area contributed by atoms with Crippen LogP contribution in [0.1, 0.15) is 33.9 Å². The Labute approximate surface area is 259 Å². The first-order valence-corrected chi connectivity index (χ1v) is 14.3. The number of benzene rings is 3. The summed E-state index contributed by atoms with van der Waals surface area (Å²) in [6, 6.07) is 18.9. The second kappa shape index (κ2) is 12.0. The summed E-state index contributed by atoms with van der Waals surface area (Å²) in [6.07, 6.45) is -2.83. The number of aryl methyl sites for hydroxylation is 1. The third-order valence-corrected chi connectivity index (χ3v) is 7.92. The van der Waals surface area contributed by atoms with Gasteiger partial charge in [0.1, 0.15) is 17.1 Å². The lowest BCUT2D eigenvalue weighted by Crippen LogP contribution is -2.31. The van der Waals surface area contributed by atoms with Crippen LogP contribution in [-0.4, -0.2) is 44.5 Å². The molecule has 236 valence electrons. The fourth-order valence-corrected chi connectivity index (χ4v) is 5.76. The van der Waals surface area contributed by atoms with Crippen molar-refractivity contribution in [3.05, 3.63) is 117 Å². The number of para-hydroxylation sites is 1. The number of pyridine rings is 1. The van der Waals surface area contributed by atoms with Crippen molar-refractivity contribution in [2.24, 2.45) is 7.05 Å². The summed E-state index contributed by atoms with van der Waals surface area (Å²) >= 11 is 0. The van der Waals surface area contributed by atoms with Gasteiger partial charge in [-0.2, -0.15) is 18.3 Å². The molecule has 0 aliphatic rings. The Hall–Kier alpha value is -5.72. The number of anilines is 1. The molecule has 0 saturated carbocycles. The van der Waals surface area contributed by atoms with E-state index in [1.165, 1.54) is 18.0 Å². The minimum Gasteiger partial charge on any atom is -0.507 e.